The van der Waals surface area contributed by atoms with Crippen LogP contribution in [-0.4, -0.2) is 27.8 Å². The van der Waals surface area contributed by atoms with Gasteiger partial charge in [-0.2, -0.15) is 0 Å². The average molecular weight is 390 g/mol. The number of aromatic nitrogens is 1. The number of pyridine rings is 1. The Morgan fingerprint density at radius 2 is 1.97 bits per heavy atom. The number of fused-ring (bicyclic) bond motifs is 1. The molecule has 8 heteroatoms. The van der Waals surface area contributed by atoms with Crippen molar-refractivity contribution in [2.75, 3.05) is 12.4 Å². The number of amides is 1. The number of hydrogen-bond acceptors (Lipinski definition) is 6. The normalized spacial score (nSPS) is 15.1. The van der Waals surface area contributed by atoms with Gasteiger partial charge in [0, 0.05) is 18.8 Å². The van der Waals surface area contributed by atoms with Crippen molar-refractivity contribution >= 4 is 17.3 Å². The molecule has 0 aliphatic carbocycles. The van der Waals surface area contributed by atoms with Crippen molar-refractivity contribution < 1.29 is 14.5 Å². The summed E-state index contributed by atoms with van der Waals surface area (Å²) in [5, 5.41) is 14.3. The Labute approximate surface area is 166 Å². The highest BCUT2D eigenvalue weighted by Gasteiger charge is 2.38. The Bertz CT molecular complexity index is 1070. The molecule has 0 fully saturated rings. The number of nitrogens with zero attached hydrogens (tertiary/aromatic N) is 3. The fourth-order valence-corrected chi connectivity index (χ4v) is 3.39. The summed E-state index contributed by atoms with van der Waals surface area (Å²) in [7, 11) is 1.44. The van der Waals surface area contributed by atoms with Gasteiger partial charge in [0.05, 0.1) is 35.0 Å². The highest BCUT2D eigenvalue weighted by Crippen LogP contribution is 2.37. The average Bonchev–Trinajstić information content (AvgIpc) is 3.00. The van der Waals surface area contributed by atoms with Crippen molar-refractivity contribution in [2.45, 2.75) is 12.7 Å². The Morgan fingerprint density at radius 1 is 1.17 bits per heavy atom. The van der Waals surface area contributed by atoms with Crippen LogP contribution in [0.25, 0.3) is 0 Å². The first-order valence-electron chi connectivity index (χ1n) is 8.97. The van der Waals surface area contributed by atoms with E-state index in [1.165, 1.54) is 19.2 Å². The summed E-state index contributed by atoms with van der Waals surface area (Å²) < 4.78 is 5.32. The molecule has 29 heavy (non-hydrogen) atoms. The van der Waals surface area contributed by atoms with Gasteiger partial charge < -0.3 is 15.0 Å². The third-order valence-corrected chi connectivity index (χ3v) is 4.78. The number of nitro benzene ring substituents is 1. The van der Waals surface area contributed by atoms with E-state index in [4.69, 9.17) is 4.74 Å². The lowest BCUT2D eigenvalue weighted by molar-refractivity contribution is -0.384. The van der Waals surface area contributed by atoms with Crippen molar-refractivity contribution in [1.29, 1.82) is 0 Å². The lowest BCUT2D eigenvalue weighted by Gasteiger charge is -2.27. The van der Waals surface area contributed by atoms with Crippen LogP contribution < -0.4 is 10.1 Å². The lowest BCUT2D eigenvalue weighted by atomic mass is 10.2. The first kappa shape index (κ1) is 18.4. The van der Waals surface area contributed by atoms with Crippen LogP contribution in [0.4, 0.5) is 11.4 Å². The van der Waals surface area contributed by atoms with E-state index >= 15 is 0 Å². The van der Waals surface area contributed by atoms with Crippen molar-refractivity contribution in [3.63, 3.8) is 0 Å². The van der Waals surface area contributed by atoms with Gasteiger partial charge in [0.25, 0.3) is 11.6 Å². The molecule has 4 rings (SSSR count). The fourth-order valence-electron chi connectivity index (χ4n) is 3.39. The maximum Gasteiger partial charge on any atom is 0.273 e. The molecule has 0 spiro atoms. The number of nitrogens with one attached hydrogen (secondary N) is 1. The number of hydrogen-bond donors (Lipinski definition) is 1. The van der Waals surface area contributed by atoms with E-state index in [1.807, 2.05) is 30.3 Å². The molecule has 0 saturated heterocycles. The molecule has 3 aromatic rings. The van der Waals surface area contributed by atoms with Gasteiger partial charge in [-0.1, -0.05) is 30.3 Å². The fraction of sp³-hybridized carbons (Fsp3) is 0.143. The third-order valence-electron chi connectivity index (χ3n) is 4.78. The van der Waals surface area contributed by atoms with Crippen LogP contribution in [0.15, 0.2) is 66.9 Å². The molecule has 0 unspecified atom stereocenters. The van der Waals surface area contributed by atoms with Crippen LogP contribution in [-0.2, 0) is 6.54 Å². The number of ether oxygens (including phenoxy) is 1. The molecule has 2 aromatic carbocycles. The van der Waals surface area contributed by atoms with Crippen LogP contribution in [0.5, 0.6) is 5.75 Å². The number of anilines is 1. The van der Waals surface area contributed by atoms with Crippen molar-refractivity contribution in [3.05, 3.63) is 93.8 Å². The maximum absolute atomic E-state index is 13.0. The number of carbonyl (C=O) groups is 1. The molecule has 146 valence electrons. The zero-order valence-corrected chi connectivity index (χ0v) is 15.6. The second kappa shape index (κ2) is 7.59. The molecule has 0 radical (unpaired) electrons. The van der Waals surface area contributed by atoms with Gasteiger partial charge in [-0.15, -0.1) is 0 Å². The van der Waals surface area contributed by atoms with Gasteiger partial charge >= 0.3 is 0 Å². The summed E-state index contributed by atoms with van der Waals surface area (Å²) in [6.07, 6.45) is 1.11. The molecule has 0 saturated carbocycles. The van der Waals surface area contributed by atoms with Crippen molar-refractivity contribution in [2.24, 2.45) is 0 Å². The SMILES string of the molecule is COc1cc([N+](=O)[O-])ccc1N[C@H]1c2ncccc2C(=O)N1Cc1ccccc1. The van der Waals surface area contributed by atoms with Crippen LogP contribution >= 0.6 is 0 Å². The molecule has 1 amide bonds. The molecule has 1 aromatic heterocycles. The lowest BCUT2D eigenvalue weighted by Crippen LogP contribution is -2.32. The minimum absolute atomic E-state index is 0.0745. The smallest absolute Gasteiger partial charge is 0.273 e. The van der Waals surface area contributed by atoms with Crippen molar-refractivity contribution in [1.82, 2.24) is 9.88 Å². The van der Waals surface area contributed by atoms with E-state index in [0.29, 0.717) is 29.2 Å². The summed E-state index contributed by atoms with van der Waals surface area (Å²) in [5.74, 6) is 0.186. The summed E-state index contributed by atoms with van der Waals surface area (Å²) >= 11 is 0. The van der Waals surface area contributed by atoms with Gasteiger partial charge in [0.2, 0.25) is 0 Å². The third kappa shape index (κ3) is 3.47. The second-order valence-electron chi connectivity index (χ2n) is 6.54. The van der Waals surface area contributed by atoms with Gasteiger partial charge in [-0.3, -0.25) is 19.9 Å². The summed E-state index contributed by atoms with van der Waals surface area (Å²) in [6, 6.07) is 17.4. The van der Waals surface area contributed by atoms with Crippen molar-refractivity contribution in [3.8, 4) is 5.75 Å². The molecular formula is C21H18N4O4. The Kier molecular flexibility index (Phi) is 4.82. The zero-order chi connectivity index (χ0) is 20.4. The van der Waals surface area contributed by atoms with Gasteiger partial charge in [0.15, 0.2) is 0 Å². The molecule has 2 heterocycles. The number of nitro groups is 1. The second-order valence-corrected chi connectivity index (χ2v) is 6.54. The molecule has 0 bridgehead atoms. The van der Waals surface area contributed by atoms with Gasteiger partial charge in [-0.05, 0) is 23.8 Å². The first-order chi connectivity index (χ1) is 14.1. The molecule has 8 nitrogen and oxygen atoms in total. The van der Waals surface area contributed by atoms with Gasteiger partial charge in [0.1, 0.15) is 11.9 Å². The highest BCUT2D eigenvalue weighted by molar-refractivity contribution is 5.99. The van der Waals surface area contributed by atoms with E-state index in [-0.39, 0.29) is 11.6 Å². The highest BCUT2D eigenvalue weighted by atomic mass is 16.6. The topological polar surface area (TPSA) is 97.6 Å². The predicted octanol–water partition coefficient (Wildman–Crippen LogP) is 3.77. The Morgan fingerprint density at radius 3 is 2.69 bits per heavy atom. The monoisotopic (exact) mass is 390 g/mol. The Hall–Kier alpha value is -3.94. The molecular weight excluding hydrogens is 372 g/mol. The number of benzene rings is 2. The van der Waals surface area contributed by atoms with Gasteiger partial charge in [-0.25, -0.2) is 0 Å². The van der Waals surface area contributed by atoms with E-state index in [0.717, 1.165) is 5.56 Å². The minimum Gasteiger partial charge on any atom is -0.494 e. The first-order valence-corrected chi connectivity index (χ1v) is 8.97. The molecule has 1 atom stereocenters. The quantitative estimate of drug-likeness (QED) is 0.508. The van der Waals surface area contributed by atoms with E-state index in [2.05, 4.69) is 10.3 Å². The van der Waals surface area contributed by atoms with E-state index in [1.54, 1.807) is 29.3 Å². The van der Waals surface area contributed by atoms with Crippen LogP contribution in [0.3, 0.4) is 0 Å². The zero-order valence-electron chi connectivity index (χ0n) is 15.6. The summed E-state index contributed by atoms with van der Waals surface area (Å²) in [5.41, 5.74) is 2.58. The largest absolute Gasteiger partial charge is 0.494 e. The summed E-state index contributed by atoms with van der Waals surface area (Å²) in [4.78, 5) is 29.7. The Balaban J connectivity index is 1.71. The standard InChI is InChI=1S/C21H18N4O4/c1-29-18-12-15(25(27)28)9-10-17(18)23-20-19-16(8-5-11-22-19)21(26)24(20)13-14-6-3-2-4-7-14/h2-12,20,23H,13H2,1H3/t20-/m1/s1. The number of carbonyl (C=O) groups excluding carboxylic acids is 1. The number of rotatable bonds is 6. The molecule has 1 aliphatic heterocycles. The minimum atomic E-state index is -0.533. The predicted molar refractivity (Wildman–Crippen MR) is 107 cm³/mol. The number of methoxy groups -OCH3 is 1. The molecule has 1 N–H and O–H groups in total. The van der Waals surface area contributed by atoms with E-state index in [9.17, 15) is 14.9 Å². The molecule has 1 aliphatic rings. The van der Waals surface area contributed by atoms with Crippen LogP contribution in [0.2, 0.25) is 0 Å². The maximum atomic E-state index is 13.0. The summed E-state index contributed by atoms with van der Waals surface area (Å²) in [6.45, 7) is 0.392. The van der Waals surface area contributed by atoms with Crippen LogP contribution in [0, 0.1) is 10.1 Å². The number of non-ortho nitro benzene ring substituents is 1. The van der Waals surface area contributed by atoms with E-state index < -0.39 is 11.1 Å². The van der Waals surface area contributed by atoms with Crippen LogP contribution in [0.1, 0.15) is 27.8 Å².